The van der Waals surface area contributed by atoms with E-state index in [-0.39, 0.29) is 23.5 Å². The SMILES string of the molecule is O=C1/C(=C\c2ccco2)N=C(c2ccccc2)N1Nc1nc(Nc2ccccn2)nc(Nc2ccccn2)n1. The quantitative estimate of drug-likeness (QED) is 0.254. The Labute approximate surface area is 222 Å². The van der Waals surface area contributed by atoms with E-state index >= 15 is 0 Å². The molecular weight excluding hydrogens is 496 g/mol. The number of furan rings is 1. The van der Waals surface area contributed by atoms with Gasteiger partial charge < -0.3 is 15.1 Å². The molecule has 0 atom stereocenters. The van der Waals surface area contributed by atoms with Crippen LogP contribution < -0.4 is 16.1 Å². The van der Waals surface area contributed by atoms with Crippen molar-refractivity contribution >= 4 is 47.3 Å². The van der Waals surface area contributed by atoms with Gasteiger partial charge in [0.1, 0.15) is 23.1 Å². The molecule has 1 aliphatic heterocycles. The number of carbonyl (C=O) groups excluding carboxylic acids is 1. The number of aliphatic imine (C=N–C) groups is 1. The van der Waals surface area contributed by atoms with Gasteiger partial charge in [-0.25, -0.2) is 15.0 Å². The summed E-state index contributed by atoms with van der Waals surface area (Å²) in [6, 6.07) is 23.6. The van der Waals surface area contributed by atoms with Crippen molar-refractivity contribution < 1.29 is 9.21 Å². The molecule has 12 nitrogen and oxygen atoms in total. The van der Waals surface area contributed by atoms with Gasteiger partial charge in [-0.2, -0.15) is 20.0 Å². The first-order valence-corrected chi connectivity index (χ1v) is 11.8. The molecule has 39 heavy (non-hydrogen) atoms. The number of rotatable bonds is 8. The number of anilines is 5. The maximum absolute atomic E-state index is 13.5. The molecule has 0 radical (unpaired) electrons. The molecular formula is C27H20N10O2. The van der Waals surface area contributed by atoms with Crippen LogP contribution in [0.5, 0.6) is 0 Å². The predicted molar refractivity (Wildman–Crippen MR) is 145 cm³/mol. The Morgan fingerprint density at radius 2 is 1.36 bits per heavy atom. The first kappa shape index (κ1) is 23.5. The average Bonchev–Trinajstić information content (AvgIpc) is 3.59. The Bertz CT molecular complexity index is 1580. The Morgan fingerprint density at radius 1 is 0.718 bits per heavy atom. The number of hydrogen-bond acceptors (Lipinski definition) is 11. The lowest BCUT2D eigenvalue weighted by Gasteiger charge is -2.19. The van der Waals surface area contributed by atoms with Gasteiger partial charge in [-0.05, 0) is 36.4 Å². The Hall–Kier alpha value is -5.91. The number of nitrogens with zero attached hydrogens (tertiary/aromatic N) is 7. The van der Waals surface area contributed by atoms with Crippen molar-refractivity contribution in [2.24, 2.45) is 4.99 Å². The molecule has 190 valence electrons. The fourth-order valence-electron chi connectivity index (χ4n) is 3.65. The minimum absolute atomic E-state index is 0.0816. The molecule has 3 N–H and O–H groups in total. The van der Waals surface area contributed by atoms with Gasteiger partial charge in [-0.15, -0.1) is 0 Å². The second kappa shape index (κ2) is 10.6. The van der Waals surface area contributed by atoms with Crippen LogP contribution in [0.2, 0.25) is 0 Å². The van der Waals surface area contributed by atoms with E-state index in [0.29, 0.717) is 28.8 Å². The maximum atomic E-state index is 13.5. The van der Waals surface area contributed by atoms with Crippen molar-refractivity contribution in [2.75, 3.05) is 16.1 Å². The molecule has 1 amide bonds. The van der Waals surface area contributed by atoms with E-state index in [1.165, 1.54) is 11.3 Å². The van der Waals surface area contributed by atoms with Gasteiger partial charge in [-0.3, -0.25) is 10.2 Å². The van der Waals surface area contributed by atoms with Crippen molar-refractivity contribution in [3.63, 3.8) is 0 Å². The summed E-state index contributed by atoms with van der Waals surface area (Å²) in [5, 5.41) is 7.40. The fraction of sp³-hybridized carbons (Fsp3) is 0. The van der Waals surface area contributed by atoms with E-state index in [1.807, 2.05) is 42.5 Å². The molecule has 0 bridgehead atoms. The molecule has 0 fully saturated rings. The summed E-state index contributed by atoms with van der Waals surface area (Å²) >= 11 is 0. The summed E-state index contributed by atoms with van der Waals surface area (Å²) in [7, 11) is 0. The smallest absolute Gasteiger partial charge is 0.297 e. The van der Waals surface area contributed by atoms with Crippen LogP contribution in [0, 0.1) is 0 Å². The number of amides is 1. The zero-order chi connectivity index (χ0) is 26.4. The maximum Gasteiger partial charge on any atom is 0.297 e. The number of hydrazine groups is 1. The average molecular weight is 517 g/mol. The monoisotopic (exact) mass is 516 g/mol. The molecule has 0 spiro atoms. The third-order valence-corrected chi connectivity index (χ3v) is 5.37. The molecule has 12 heteroatoms. The largest absolute Gasteiger partial charge is 0.465 e. The van der Waals surface area contributed by atoms with E-state index in [9.17, 15) is 4.79 Å². The van der Waals surface area contributed by atoms with Gasteiger partial charge in [0.25, 0.3) is 5.91 Å². The van der Waals surface area contributed by atoms with Crippen LogP contribution in [0.4, 0.5) is 29.5 Å². The van der Waals surface area contributed by atoms with E-state index < -0.39 is 5.91 Å². The number of aromatic nitrogens is 5. The van der Waals surface area contributed by atoms with Gasteiger partial charge in [0.2, 0.25) is 17.8 Å². The van der Waals surface area contributed by atoms with Crippen molar-refractivity contribution in [3.8, 4) is 0 Å². The summed E-state index contributed by atoms with van der Waals surface area (Å²) in [5.74, 6) is 2.00. The topological polar surface area (TPSA) is 146 Å². The van der Waals surface area contributed by atoms with E-state index in [2.05, 4.69) is 46.0 Å². The molecule has 4 aromatic heterocycles. The molecule has 1 aromatic carbocycles. The standard InChI is InChI=1S/C27H20N10O2/c38-24-20(17-19-11-8-16-39-19)30-23(18-9-2-1-3-10-18)37(24)36-27-34-25(31-21-12-4-6-14-28-21)33-26(35-27)32-22-13-5-7-15-29-22/h1-17H,(H3,28,29,31,32,33,34,35,36)/b20-17+. The highest BCUT2D eigenvalue weighted by Gasteiger charge is 2.32. The van der Waals surface area contributed by atoms with Gasteiger partial charge in [-0.1, -0.05) is 42.5 Å². The van der Waals surface area contributed by atoms with E-state index in [4.69, 9.17) is 4.42 Å². The number of hydrogen-bond donors (Lipinski definition) is 3. The number of nitrogens with one attached hydrogen (secondary N) is 3. The van der Waals surface area contributed by atoms with Crippen molar-refractivity contribution in [2.45, 2.75) is 0 Å². The zero-order valence-corrected chi connectivity index (χ0v) is 20.3. The van der Waals surface area contributed by atoms with Crippen LogP contribution in [0.25, 0.3) is 6.08 Å². The molecule has 0 saturated carbocycles. The molecule has 0 saturated heterocycles. The summed E-state index contributed by atoms with van der Waals surface area (Å²) in [4.78, 5) is 40.0. The second-order valence-electron chi connectivity index (χ2n) is 8.08. The predicted octanol–water partition coefficient (Wildman–Crippen LogP) is 4.40. The fourth-order valence-corrected chi connectivity index (χ4v) is 3.65. The summed E-state index contributed by atoms with van der Waals surface area (Å²) in [6.07, 6.45) is 6.39. The zero-order valence-electron chi connectivity index (χ0n) is 20.3. The molecule has 1 aliphatic rings. The Balaban J connectivity index is 1.36. The molecule has 6 rings (SSSR count). The van der Waals surface area contributed by atoms with Crippen LogP contribution in [0.1, 0.15) is 11.3 Å². The minimum atomic E-state index is -0.413. The van der Waals surface area contributed by atoms with Crippen molar-refractivity contribution in [1.82, 2.24) is 29.9 Å². The van der Waals surface area contributed by atoms with Gasteiger partial charge >= 0.3 is 0 Å². The van der Waals surface area contributed by atoms with E-state index in [1.54, 1.807) is 54.9 Å². The lowest BCUT2D eigenvalue weighted by Crippen LogP contribution is -2.38. The second-order valence-corrected chi connectivity index (χ2v) is 8.08. The first-order valence-electron chi connectivity index (χ1n) is 11.8. The lowest BCUT2D eigenvalue weighted by molar-refractivity contribution is -0.121. The van der Waals surface area contributed by atoms with Crippen LogP contribution in [0.15, 0.2) is 113 Å². The van der Waals surface area contributed by atoms with Gasteiger partial charge in [0.15, 0.2) is 5.84 Å². The Morgan fingerprint density at radius 3 is 1.95 bits per heavy atom. The molecule has 0 aliphatic carbocycles. The molecule has 0 unspecified atom stereocenters. The van der Waals surface area contributed by atoms with Crippen LogP contribution >= 0.6 is 0 Å². The van der Waals surface area contributed by atoms with E-state index in [0.717, 1.165) is 0 Å². The molecule has 5 heterocycles. The van der Waals surface area contributed by atoms with Crippen molar-refractivity contribution in [1.29, 1.82) is 0 Å². The molecule has 5 aromatic rings. The third-order valence-electron chi connectivity index (χ3n) is 5.37. The third kappa shape index (κ3) is 5.44. The Kier molecular flexibility index (Phi) is 6.38. The highest BCUT2D eigenvalue weighted by Crippen LogP contribution is 2.24. The van der Waals surface area contributed by atoms with Crippen LogP contribution in [0.3, 0.4) is 0 Å². The van der Waals surface area contributed by atoms with Gasteiger partial charge in [0.05, 0.1) is 6.26 Å². The van der Waals surface area contributed by atoms with Crippen LogP contribution in [-0.2, 0) is 4.79 Å². The number of pyridine rings is 2. The lowest BCUT2D eigenvalue weighted by atomic mass is 10.2. The summed E-state index contributed by atoms with van der Waals surface area (Å²) in [6.45, 7) is 0. The summed E-state index contributed by atoms with van der Waals surface area (Å²) < 4.78 is 5.38. The van der Waals surface area contributed by atoms with Crippen molar-refractivity contribution in [3.05, 3.63) is 115 Å². The number of amidine groups is 1. The highest BCUT2D eigenvalue weighted by molar-refractivity contribution is 6.20. The summed E-state index contributed by atoms with van der Waals surface area (Å²) in [5.41, 5.74) is 3.90. The first-order chi connectivity index (χ1) is 19.2. The van der Waals surface area contributed by atoms with Gasteiger partial charge in [0, 0.05) is 24.0 Å². The number of carbonyl (C=O) groups is 1. The number of benzene rings is 1. The normalized spacial score (nSPS) is 13.8. The minimum Gasteiger partial charge on any atom is -0.465 e. The highest BCUT2D eigenvalue weighted by atomic mass is 16.3. The van der Waals surface area contributed by atoms with Crippen LogP contribution in [-0.4, -0.2) is 41.7 Å².